The lowest BCUT2D eigenvalue weighted by molar-refractivity contribution is -0.297. The Morgan fingerprint density at radius 3 is 2.60 bits per heavy atom. The molecular formula is C12H12F3N3O2. The second-order valence-corrected chi connectivity index (χ2v) is 4.53. The molecule has 20 heavy (non-hydrogen) atoms. The van der Waals surface area contributed by atoms with Gasteiger partial charge in [-0.1, -0.05) is 12.1 Å². The number of hydrogen-bond acceptors (Lipinski definition) is 4. The maximum absolute atomic E-state index is 13.0. The topological polar surface area (TPSA) is 78.9 Å². The zero-order valence-electron chi connectivity index (χ0n) is 10.5. The molecule has 0 saturated heterocycles. The average molecular weight is 287 g/mol. The lowest BCUT2D eigenvalue weighted by atomic mass is 10.1. The third-order valence-corrected chi connectivity index (χ3v) is 2.96. The van der Waals surface area contributed by atoms with Gasteiger partial charge in [-0.15, -0.1) is 0 Å². The number of amides is 1. The smallest absolute Gasteiger partial charge is 0.398 e. The number of rotatable bonds is 1. The van der Waals surface area contributed by atoms with Crippen molar-refractivity contribution in [3.63, 3.8) is 0 Å². The number of anilines is 1. The highest BCUT2D eigenvalue weighted by molar-refractivity contribution is 6.01. The van der Waals surface area contributed by atoms with Crippen molar-refractivity contribution in [1.82, 2.24) is 5.01 Å². The van der Waals surface area contributed by atoms with Crippen LogP contribution in [0.15, 0.2) is 29.4 Å². The molecule has 0 spiro atoms. The normalized spacial score (nSPS) is 22.9. The van der Waals surface area contributed by atoms with E-state index in [1.54, 1.807) is 6.07 Å². The number of nitrogens with two attached hydrogens (primary N) is 1. The third-order valence-electron chi connectivity index (χ3n) is 2.96. The van der Waals surface area contributed by atoms with Crippen LogP contribution >= 0.6 is 0 Å². The summed E-state index contributed by atoms with van der Waals surface area (Å²) in [4.78, 5) is 12.2. The highest BCUT2D eigenvalue weighted by Gasteiger charge is 2.62. The van der Waals surface area contributed by atoms with E-state index in [0.29, 0.717) is 0 Å². The van der Waals surface area contributed by atoms with Crippen molar-refractivity contribution in [1.29, 1.82) is 0 Å². The van der Waals surface area contributed by atoms with Crippen molar-refractivity contribution >= 4 is 17.3 Å². The molecule has 0 saturated carbocycles. The van der Waals surface area contributed by atoms with Crippen LogP contribution in [0.3, 0.4) is 0 Å². The van der Waals surface area contributed by atoms with Crippen LogP contribution in [0.5, 0.6) is 0 Å². The van der Waals surface area contributed by atoms with Crippen molar-refractivity contribution in [2.45, 2.75) is 25.2 Å². The van der Waals surface area contributed by atoms with E-state index in [1.807, 2.05) is 0 Å². The SMILES string of the molecule is CC1=NN(C(=O)c2ccccc2N)C(O)(C(F)(F)F)C1. The minimum Gasteiger partial charge on any atom is -0.398 e. The van der Waals surface area contributed by atoms with Gasteiger partial charge in [-0.05, 0) is 19.1 Å². The van der Waals surface area contributed by atoms with Crippen molar-refractivity contribution in [2.24, 2.45) is 5.10 Å². The number of carbonyl (C=O) groups excluding carboxylic acids is 1. The Hall–Kier alpha value is -2.09. The Kier molecular flexibility index (Phi) is 3.21. The number of aliphatic hydroxyl groups is 1. The quantitative estimate of drug-likeness (QED) is 0.772. The van der Waals surface area contributed by atoms with Crippen LogP contribution in [-0.4, -0.2) is 33.6 Å². The van der Waals surface area contributed by atoms with Gasteiger partial charge in [0, 0.05) is 17.8 Å². The van der Waals surface area contributed by atoms with Crippen LogP contribution < -0.4 is 5.73 Å². The number of nitrogen functional groups attached to an aromatic ring is 1. The van der Waals surface area contributed by atoms with Crippen molar-refractivity contribution in [3.8, 4) is 0 Å². The van der Waals surface area contributed by atoms with Crippen molar-refractivity contribution < 1.29 is 23.1 Å². The van der Waals surface area contributed by atoms with Gasteiger partial charge in [0.2, 0.25) is 0 Å². The number of alkyl halides is 3. The van der Waals surface area contributed by atoms with Gasteiger partial charge >= 0.3 is 6.18 Å². The lowest BCUT2D eigenvalue weighted by Crippen LogP contribution is -2.56. The lowest BCUT2D eigenvalue weighted by Gasteiger charge is -2.32. The molecule has 5 nitrogen and oxygen atoms in total. The summed E-state index contributed by atoms with van der Waals surface area (Å²) in [6.45, 7) is 1.30. The largest absolute Gasteiger partial charge is 0.438 e. The molecule has 1 unspecified atom stereocenters. The maximum Gasteiger partial charge on any atom is 0.438 e. The second-order valence-electron chi connectivity index (χ2n) is 4.53. The molecule has 0 aliphatic carbocycles. The molecule has 1 heterocycles. The monoisotopic (exact) mass is 287 g/mol. The van der Waals surface area contributed by atoms with E-state index >= 15 is 0 Å². The Bertz CT molecular complexity index is 586. The molecule has 1 amide bonds. The number of benzene rings is 1. The van der Waals surface area contributed by atoms with Gasteiger partial charge in [-0.25, -0.2) is 0 Å². The first-order valence-electron chi connectivity index (χ1n) is 5.69. The van der Waals surface area contributed by atoms with Crippen molar-refractivity contribution in [2.75, 3.05) is 5.73 Å². The van der Waals surface area contributed by atoms with Gasteiger partial charge < -0.3 is 10.8 Å². The molecule has 3 N–H and O–H groups in total. The third kappa shape index (κ3) is 2.11. The number of hydrogen-bond donors (Lipinski definition) is 2. The zero-order valence-corrected chi connectivity index (χ0v) is 10.5. The zero-order chi connectivity index (χ0) is 15.1. The fourth-order valence-electron chi connectivity index (χ4n) is 1.96. The fourth-order valence-corrected chi connectivity index (χ4v) is 1.96. The molecule has 1 aliphatic heterocycles. The Balaban J connectivity index is 2.45. The Labute approximate surface area is 112 Å². The molecule has 0 bridgehead atoms. The molecule has 2 rings (SSSR count). The first kappa shape index (κ1) is 14.3. The van der Waals surface area contributed by atoms with Crippen molar-refractivity contribution in [3.05, 3.63) is 29.8 Å². The van der Waals surface area contributed by atoms with Gasteiger partial charge in [-0.3, -0.25) is 4.79 Å². The second kappa shape index (κ2) is 4.48. The summed E-state index contributed by atoms with van der Waals surface area (Å²) < 4.78 is 39.0. The number of halogens is 3. The summed E-state index contributed by atoms with van der Waals surface area (Å²) in [5.74, 6) is -1.10. The first-order chi connectivity index (χ1) is 9.17. The average Bonchev–Trinajstić information content (AvgIpc) is 2.65. The summed E-state index contributed by atoms with van der Waals surface area (Å²) in [5.41, 5.74) is 2.10. The van der Waals surface area contributed by atoms with Crippen LogP contribution in [0.4, 0.5) is 18.9 Å². The Morgan fingerprint density at radius 2 is 2.05 bits per heavy atom. The molecular weight excluding hydrogens is 275 g/mol. The molecule has 1 aliphatic rings. The first-order valence-corrected chi connectivity index (χ1v) is 5.69. The fraction of sp³-hybridized carbons (Fsp3) is 0.333. The Morgan fingerprint density at radius 1 is 1.45 bits per heavy atom. The molecule has 0 radical (unpaired) electrons. The predicted molar refractivity (Wildman–Crippen MR) is 65.8 cm³/mol. The van der Waals surface area contributed by atoms with E-state index in [9.17, 15) is 23.1 Å². The predicted octanol–water partition coefficient (Wildman–Crippen LogP) is 1.74. The van der Waals surface area contributed by atoms with E-state index in [4.69, 9.17) is 5.73 Å². The van der Waals surface area contributed by atoms with Crippen LogP contribution in [0.25, 0.3) is 0 Å². The summed E-state index contributed by atoms with van der Waals surface area (Å²) in [6.07, 6.45) is -5.80. The van der Waals surface area contributed by atoms with Crippen LogP contribution in [-0.2, 0) is 0 Å². The van der Waals surface area contributed by atoms with Gasteiger partial charge in [-0.2, -0.15) is 23.3 Å². The maximum atomic E-state index is 13.0. The van der Waals surface area contributed by atoms with E-state index < -0.39 is 24.2 Å². The van der Waals surface area contributed by atoms with Gasteiger partial charge in [0.1, 0.15) is 0 Å². The van der Waals surface area contributed by atoms with E-state index in [-0.39, 0.29) is 22.0 Å². The number of para-hydroxylation sites is 1. The van der Waals surface area contributed by atoms with E-state index in [0.717, 1.165) is 0 Å². The van der Waals surface area contributed by atoms with Gasteiger partial charge in [0.05, 0.1) is 5.56 Å². The summed E-state index contributed by atoms with van der Waals surface area (Å²) in [6, 6.07) is 5.66. The number of nitrogens with zero attached hydrogens (tertiary/aromatic N) is 2. The van der Waals surface area contributed by atoms with E-state index in [2.05, 4.69) is 5.10 Å². The molecule has 108 valence electrons. The molecule has 1 atom stereocenters. The standard InChI is InChI=1S/C12H12F3N3O2/c1-7-6-11(20,12(13,14)15)18(17-7)10(19)8-4-2-3-5-9(8)16/h2-5,20H,6,16H2,1H3. The highest BCUT2D eigenvalue weighted by atomic mass is 19.4. The minimum atomic E-state index is -5.02. The molecule has 0 fully saturated rings. The molecule has 1 aromatic carbocycles. The van der Waals surface area contributed by atoms with Gasteiger partial charge in [0.25, 0.3) is 11.6 Å². The van der Waals surface area contributed by atoms with Crippen LogP contribution in [0.1, 0.15) is 23.7 Å². The summed E-state index contributed by atoms with van der Waals surface area (Å²) >= 11 is 0. The molecule has 0 aromatic heterocycles. The van der Waals surface area contributed by atoms with Crippen LogP contribution in [0.2, 0.25) is 0 Å². The number of carbonyl (C=O) groups is 1. The summed E-state index contributed by atoms with van der Waals surface area (Å²) in [5, 5.41) is 13.4. The molecule has 8 heteroatoms. The van der Waals surface area contributed by atoms with E-state index in [1.165, 1.54) is 25.1 Å². The van der Waals surface area contributed by atoms with Gasteiger partial charge in [0.15, 0.2) is 0 Å². The highest BCUT2D eigenvalue weighted by Crippen LogP contribution is 2.41. The summed E-state index contributed by atoms with van der Waals surface area (Å²) in [7, 11) is 0. The minimum absolute atomic E-state index is 0.00711. The van der Waals surface area contributed by atoms with Crippen LogP contribution in [0, 0.1) is 0 Å². The molecule has 1 aromatic rings. The number of hydrazone groups is 1.